The average Bonchev–Trinajstić information content (AvgIpc) is 3.58. The van der Waals surface area contributed by atoms with Crippen LogP contribution < -0.4 is 0 Å². The highest BCUT2D eigenvalue weighted by molar-refractivity contribution is 6.23. The molecule has 0 aliphatic heterocycles. The Hall–Kier alpha value is -5.92. The van der Waals surface area contributed by atoms with Crippen LogP contribution in [0.15, 0.2) is 174 Å². The summed E-state index contributed by atoms with van der Waals surface area (Å²) in [4.78, 5) is 0. The fraction of sp³-hybridized carbons (Fsp3) is 0. The van der Waals surface area contributed by atoms with Gasteiger partial charge in [-0.1, -0.05) is 151 Å². The van der Waals surface area contributed by atoms with Crippen molar-refractivity contribution < 1.29 is 16.8 Å². The van der Waals surface area contributed by atoms with Gasteiger partial charge < -0.3 is 4.42 Å². The first kappa shape index (κ1) is 18.0. The van der Waals surface area contributed by atoms with E-state index < -0.39 is 42.3 Å². The molecule has 0 saturated carbocycles. The zero-order valence-electron chi connectivity index (χ0n) is 32.9. The lowest BCUT2D eigenvalue weighted by Gasteiger charge is -2.18. The Kier molecular flexibility index (Phi) is 4.15. The van der Waals surface area contributed by atoms with E-state index in [0.29, 0.717) is 16.3 Å². The van der Waals surface area contributed by atoms with Gasteiger partial charge in [0.1, 0.15) is 11.2 Å². The van der Waals surface area contributed by atoms with Gasteiger partial charge in [0.05, 0.1) is 12.3 Å². The Morgan fingerprint density at radius 2 is 0.889 bits per heavy atom. The van der Waals surface area contributed by atoms with Crippen LogP contribution in [-0.4, -0.2) is 0 Å². The van der Waals surface area contributed by atoms with Crippen LogP contribution in [0.3, 0.4) is 0 Å². The molecule has 0 radical (unpaired) electrons. The summed E-state index contributed by atoms with van der Waals surface area (Å²) in [5.74, 6) is 0. The average molecular weight is 582 g/mol. The maximum absolute atomic E-state index is 9.34. The minimum atomic E-state index is -0.614. The molecule has 1 nitrogen and oxygen atoms in total. The van der Waals surface area contributed by atoms with Crippen molar-refractivity contribution in [1.29, 1.82) is 0 Å². The minimum absolute atomic E-state index is 0.0568. The van der Waals surface area contributed by atoms with Crippen molar-refractivity contribution in [2.24, 2.45) is 0 Å². The van der Waals surface area contributed by atoms with E-state index in [2.05, 4.69) is 30.3 Å². The first-order valence-corrected chi connectivity index (χ1v) is 14.7. The molecular formula is C44H28O. The molecule has 0 unspecified atom stereocenters. The molecule has 9 aromatic rings. The Morgan fingerprint density at radius 1 is 0.378 bits per heavy atom. The van der Waals surface area contributed by atoms with Crippen LogP contribution in [0.1, 0.15) is 12.3 Å². The van der Waals surface area contributed by atoms with Crippen LogP contribution in [0.25, 0.3) is 88.0 Å². The van der Waals surface area contributed by atoms with E-state index in [0.717, 1.165) is 55.0 Å². The van der Waals surface area contributed by atoms with Crippen molar-refractivity contribution in [3.8, 4) is 44.5 Å². The molecule has 1 heteroatoms. The van der Waals surface area contributed by atoms with Gasteiger partial charge in [0.2, 0.25) is 0 Å². The van der Waals surface area contributed by atoms with Crippen LogP contribution in [0.5, 0.6) is 0 Å². The highest BCUT2D eigenvalue weighted by Crippen LogP contribution is 2.46. The summed E-state index contributed by atoms with van der Waals surface area (Å²) < 4.78 is 84.9. The summed E-state index contributed by atoms with van der Waals surface area (Å²) in [5, 5.41) is 5.04. The first-order chi connectivity index (χ1) is 26.1. The Bertz CT molecular complexity index is 2930. The molecule has 0 bridgehead atoms. The predicted octanol–water partition coefficient (Wildman–Crippen LogP) is 12.6. The standard InChI is InChI=1S/C44H28O/c1-3-13-29(14-4-1)30-23-25-32(26-24-30)42-35-18-7-9-20-37(35)43(38-21-10-8-19-36(38)42)33-27-39(31-15-5-2-6-16-31)44-40(28-33)34-17-11-12-22-41(34)45-44/h1-28H/i1D,3D,4D,13D,14D,23D,24D,25D,26D. The second-order valence-electron chi connectivity index (χ2n) is 11.0. The molecule has 8 aromatic carbocycles. The van der Waals surface area contributed by atoms with Crippen LogP contribution in [0.2, 0.25) is 0 Å². The molecule has 0 atom stereocenters. The third-order valence-electron chi connectivity index (χ3n) is 8.41. The maximum atomic E-state index is 9.34. The lowest BCUT2D eigenvalue weighted by molar-refractivity contribution is 0.670. The number of rotatable bonds is 4. The summed E-state index contributed by atoms with van der Waals surface area (Å²) in [6.07, 6.45) is 0. The van der Waals surface area contributed by atoms with Crippen LogP contribution >= 0.6 is 0 Å². The van der Waals surface area contributed by atoms with Crippen molar-refractivity contribution in [2.75, 3.05) is 0 Å². The highest BCUT2D eigenvalue weighted by atomic mass is 16.3. The number of hydrogen-bond acceptors (Lipinski definition) is 1. The van der Waals surface area contributed by atoms with Crippen LogP contribution in [0.4, 0.5) is 0 Å². The SMILES string of the molecule is [2H]c1c([2H])c([2H])c(-c2c([2H])c([2H])c(-c3c4ccccc4c(-c4cc(-c5ccccc5)c5oc6ccccc6c5c4)c4ccccc34)c([2H])c2[2H])c([2H])c1[2H]. The van der Waals surface area contributed by atoms with E-state index in [-0.39, 0.29) is 28.8 Å². The molecule has 210 valence electrons. The topological polar surface area (TPSA) is 13.1 Å². The van der Waals surface area contributed by atoms with E-state index in [1.165, 1.54) is 0 Å². The lowest BCUT2D eigenvalue weighted by atomic mass is 9.84. The van der Waals surface area contributed by atoms with Crippen molar-refractivity contribution in [3.05, 3.63) is 170 Å². The predicted molar refractivity (Wildman–Crippen MR) is 190 cm³/mol. The van der Waals surface area contributed by atoms with E-state index in [4.69, 9.17) is 14.0 Å². The van der Waals surface area contributed by atoms with Gasteiger partial charge >= 0.3 is 0 Å². The molecular weight excluding hydrogens is 544 g/mol. The molecule has 1 heterocycles. The zero-order chi connectivity index (χ0) is 37.6. The Balaban J connectivity index is 1.38. The van der Waals surface area contributed by atoms with Gasteiger partial charge in [0.25, 0.3) is 0 Å². The third kappa shape index (κ3) is 4.17. The molecule has 0 spiro atoms. The minimum Gasteiger partial charge on any atom is -0.455 e. The van der Waals surface area contributed by atoms with E-state index >= 15 is 0 Å². The third-order valence-corrected chi connectivity index (χ3v) is 8.41. The Morgan fingerprint density at radius 3 is 1.53 bits per heavy atom. The van der Waals surface area contributed by atoms with Crippen molar-refractivity contribution in [2.45, 2.75) is 0 Å². The van der Waals surface area contributed by atoms with Crippen LogP contribution in [-0.2, 0) is 0 Å². The van der Waals surface area contributed by atoms with Gasteiger partial charge in [0.15, 0.2) is 0 Å². The lowest BCUT2D eigenvalue weighted by Crippen LogP contribution is -1.91. The van der Waals surface area contributed by atoms with Crippen molar-refractivity contribution in [3.63, 3.8) is 0 Å². The summed E-state index contributed by atoms with van der Waals surface area (Å²) in [5.41, 5.74) is 5.20. The molecule has 0 amide bonds. The normalized spacial score (nSPS) is 14.4. The van der Waals surface area contributed by atoms with Gasteiger partial charge in [-0.15, -0.1) is 0 Å². The fourth-order valence-electron chi connectivity index (χ4n) is 6.45. The smallest absolute Gasteiger partial charge is 0.143 e. The molecule has 1 aromatic heterocycles. The van der Waals surface area contributed by atoms with Crippen molar-refractivity contribution >= 4 is 43.5 Å². The number of fused-ring (bicyclic) bond motifs is 5. The molecule has 9 rings (SSSR count). The summed E-state index contributed by atoms with van der Waals surface area (Å²) in [6.45, 7) is 0. The fourth-order valence-corrected chi connectivity index (χ4v) is 6.45. The number of hydrogen-bond donors (Lipinski definition) is 0. The quantitative estimate of drug-likeness (QED) is 0.188. The maximum Gasteiger partial charge on any atom is 0.143 e. The van der Waals surface area contributed by atoms with E-state index in [1.807, 2.05) is 84.9 Å². The monoisotopic (exact) mass is 581 g/mol. The van der Waals surface area contributed by atoms with E-state index in [1.54, 1.807) is 0 Å². The molecule has 0 saturated heterocycles. The summed E-state index contributed by atoms with van der Waals surface area (Å²) in [7, 11) is 0. The number of para-hydroxylation sites is 1. The molecule has 45 heavy (non-hydrogen) atoms. The van der Waals surface area contributed by atoms with Gasteiger partial charge in [-0.3, -0.25) is 0 Å². The van der Waals surface area contributed by atoms with Gasteiger partial charge in [-0.2, -0.15) is 0 Å². The first-order valence-electron chi connectivity index (χ1n) is 19.2. The second-order valence-corrected chi connectivity index (χ2v) is 11.0. The molecule has 0 aliphatic rings. The summed E-state index contributed by atoms with van der Waals surface area (Å²) >= 11 is 0. The number of benzene rings is 8. The van der Waals surface area contributed by atoms with Gasteiger partial charge in [0, 0.05) is 16.3 Å². The largest absolute Gasteiger partial charge is 0.455 e. The van der Waals surface area contributed by atoms with Crippen molar-refractivity contribution in [1.82, 2.24) is 0 Å². The molecule has 0 fully saturated rings. The molecule has 0 aliphatic carbocycles. The van der Waals surface area contributed by atoms with Gasteiger partial charge in [-0.25, -0.2) is 0 Å². The van der Waals surface area contributed by atoms with Gasteiger partial charge in [-0.05, 0) is 78.7 Å². The van der Waals surface area contributed by atoms with E-state index in [9.17, 15) is 2.74 Å². The second kappa shape index (κ2) is 10.4. The summed E-state index contributed by atoms with van der Waals surface area (Å²) in [6, 6.07) is 33.0. The number of furan rings is 1. The molecule has 0 N–H and O–H groups in total. The Labute approximate surface area is 274 Å². The highest BCUT2D eigenvalue weighted by Gasteiger charge is 2.20. The van der Waals surface area contributed by atoms with Crippen LogP contribution in [0, 0.1) is 0 Å². The zero-order valence-corrected chi connectivity index (χ0v) is 23.9.